The summed E-state index contributed by atoms with van der Waals surface area (Å²) in [4.78, 5) is 4.60. The molecule has 5 heteroatoms. The minimum absolute atomic E-state index is 0.315. The minimum Gasteiger partial charge on any atom is -0.497 e. The quantitative estimate of drug-likeness (QED) is 0.621. The zero-order valence-electron chi connectivity index (χ0n) is 12.9. The number of benzene rings is 1. The van der Waals surface area contributed by atoms with E-state index in [0.29, 0.717) is 12.6 Å². The molecule has 1 aromatic rings. The van der Waals surface area contributed by atoms with E-state index in [1.54, 1.807) is 7.11 Å². The predicted molar refractivity (Wildman–Crippen MR) is 84.8 cm³/mol. The molecule has 1 heterocycles. The summed E-state index contributed by atoms with van der Waals surface area (Å²) in [5.41, 5.74) is 1.16. The Morgan fingerprint density at radius 2 is 2.14 bits per heavy atom. The Morgan fingerprint density at radius 3 is 2.76 bits per heavy atom. The fourth-order valence-electron chi connectivity index (χ4n) is 2.26. The van der Waals surface area contributed by atoms with E-state index < -0.39 is 0 Å². The van der Waals surface area contributed by atoms with Gasteiger partial charge in [-0.1, -0.05) is 12.1 Å². The molecule has 1 saturated heterocycles. The summed E-state index contributed by atoms with van der Waals surface area (Å²) >= 11 is 0. The molecule has 0 radical (unpaired) electrons. The average molecular weight is 291 g/mol. The summed E-state index contributed by atoms with van der Waals surface area (Å²) in [6.45, 7) is 5.25. The Kier molecular flexibility index (Phi) is 6.34. The highest BCUT2D eigenvalue weighted by Crippen LogP contribution is 2.12. The van der Waals surface area contributed by atoms with Crippen molar-refractivity contribution in [1.29, 1.82) is 0 Å². The first-order chi connectivity index (χ1) is 10.3. The second-order valence-corrected chi connectivity index (χ2v) is 5.06. The smallest absolute Gasteiger partial charge is 0.191 e. The molecule has 1 aliphatic rings. The van der Waals surface area contributed by atoms with Crippen LogP contribution in [0.3, 0.4) is 0 Å². The molecule has 1 aliphatic heterocycles. The molecule has 21 heavy (non-hydrogen) atoms. The average Bonchev–Trinajstić information content (AvgIpc) is 3.04. The number of nitrogens with one attached hydrogen (secondary N) is 2. The van der Waals surface area contributed by atoms with Crippen LogP contribution in [0, 0.1) is 0 Å². The van der Waals surface area contributed by atoms with Crippen molar-refractivity contribution >= 4 is 5.96 Å². The molecule has 116 valence electrons. The second-order valence-electron chi connectivity index (χ2n) is 5.06. The molecule has 1 fully saturated rings. The maximum Gasteiger partial charge on any atom is 0.191 e. The lowest BCUT2D eigenvalue weighted by Crippen LogP contribution is -2.41. The van der Waals surface area contributed by atoms with Gasteiger partial charge in [0.25, 0.3) is 0 Å². The summed E-state index contributed by atoms with van der Waals surface area (Å²) in [6.07, 6.45) is 2.60. The van der Waals surface area contributed by atoms with Crippen LogP contribution in [0.2, 0.25) is 0 Å². The van der Waals surface area contributed by atoms with Crippen molar-refractivity contribution in [1.82, 2.24) is 10.6 Å². The molecule has 0 spiro atoms. The van der Waals surface area contributed by atoms with Crippen molar-refractivity contribution in [2.24, 2.45) is 4.99 Å². The first-order valence-electron chi connectivity index (χ1n) is 7.58. The van der Waals surface area contributed by atoms with E-state index in [1.807, 2.05) is 24.3 Å². The largest absolute Gasteiger partial charge is 0.497 e. The van der Waals surface area contributed by atoms with Gasteiger partial charge in [-0.05, 0) is 37.5 Å². The zero-order chi connectivity index (χ0) is 14.9. The highest BCUT2D eigenvalue weighted by atomic mass is 16.5. The molecule has 0 saturated carbocycles. The van der Waals surface area contributed by atoms with Gasteiger partial charge >= 0.3 is 0 Å². The van der Waals surface area contributed by atoms with Gasteiger partial charge in [0.15, 0.2) is 5.96 Å². The first kappa shape index (κ1) is 15.6. The van der Waals surface area contributed by atoms with Crippen molar-refractivity contribution < 1.29 is 9.47 Å². The first-order valence-corrected chi connectivity index (χ1v) is 7.58. The van der Waals surface area contributed by atoms with Crippen LogP contribution in [-0.2, 0) is 11.3 Å². The standard InChI is InChI=1S/C16H25N3O2/c1-3-17-16(19-12-15-5-4-10-21-15)18-11-13-6-8-14(20-2)9-7-13/h6-9,15H,3-5,10-12H2,1-2H3,(H2,17,18,19). The zero-order valence-corrected chi connectivity index (χ0v) is 12.9. The van der Waals surface area contributed by atoms with E-state index in [2.05, 4.69) is 22.5 Å². The molecule has 0 amide bonds. The number of guanidine groups is 1. The maximum atomic E-state index is 5.61. The monoisotopic (exact) mass is 291 g/mol. The molecule has 5 nitrogen and oxygen atoms in total. The molecular weight excluding hydrogens is 266 g/mol. The number of ether oxygens (including phenoxy) is 2. The van der Waals surface area contributed by atoms with Crippen molar-refractivity contribution in [2.45, 2.75) is 32.4 Å². The molecule has 1 aromatic carbocycles. The van der Waals surface area contributed by atoms with Gasteiger partial charge in [-0.15, -0.1) is 0 Å². The molecular formula is C16H25N3O2. The Hall–Kier alpha value is -1.75. The van der Waals surface area contributed by atoms with Crippen LogP contribution < -0.4 is 15.4 Å². The number of nitrogens with zero attached hydrogens (tertiary/aromatic N) is 1. The fraction of sp³-hybridized carbons (Fsp3) is 0.562. The van der Waals surface area contributed by atoms with Crippen molar-refractivity contribution in [3.63, 3.8) is 0 Å². The fourth-order valence-corrected chi connectivity index (χ4v) is 2.26. The highest BCUT2D eigenvalue weighted by Gasteiger charge is 2.15. The topological polar surface area (TPSA) is 54.9 Å². The van der Waals surface area contributed by atoms with E-state index in [1.165, 1.54) is 0 Å². The third-order valence-corrected chi connectivity index (χ3v) is 3.44. The molecule has 0 aromatic heterocycles. The number of aliphatic imine (C=N–C) groups is 1. The number of methoxy groups -OCH3 is 1. The molecule has 1 atom stereocenters. The van der Waals surface area contributed by atoms with Crippen molar-refractivity contribution in [2.75, 3.05) is 26.8 Å². The van der Waals surface area contributed by atoms with E-state index in [4.69, 9.17) is 9.47 Å². The van der Waals surface area contributed by atoms with Crippen LogP contribution in [0.1, 0.15) is 25.3 Å². The van der Waals surface area contributed by atoms with Crippen LogP contribution in [0.15, 0.2) is 29.3 Å². The summed E-state index contributed by atoms with van der Waals surface area (Å²) in [5, 5.41) is 6.60. The van der Waals surface area contributed by atoms with Crippen LogP contribution >= 0.6 is 0 Å². The van der Waals surface area contributed by atoms with E-state index in [9.17, 15) is 0 Å². The Morgan fingerprint density at radius 1 is 1.33 bits per heavy atom. The van der Waals surface area contributed by atoms with Gasteiger partial charge in [-0.2, -0.15) is 0 Å². The van der Waals surface area contributed by atoms with Crippen molar-refractivity contribution in [3.8, 4) is 5.75 Å². The van der Waals surface area contributed by atoms with Crippen LogP contribution in [0.25, 0.3) is 0 Å². The second kappa shape index (κ2) is 8.52. The summed E-state index contributed by atoms with van der Waals surface area (Å²) in [7, 11) is 1.67. The van der Waals surface area contributed by atoms with Gasteiger partial charge in [-0.3, -0.25) is 0 Å². The van der Waals surface area contributed by atoms with E-state index in [0.717, 1.165) is 49.8 Å². The molecule has 0 aliphatic carbocycles. The lowest BCUT2D eigenvalue weighted by Gasteiger charge is -2.14. The number of rotatable bonds is 6. The molecule has 0 bridgehead atoms. The van der Waals surface area contributed by atoms with Crippen LogP contribution in [0.5, 0.6) is 5.75 Å². The molecule has 1 unspecified atom stereocenters. The number of hydrogen-bond acceptors (Lipinski definition) is 3. The third-order valence-electron chi connectivity index (χ3n) is 3.44. The van der Waals surface area contributed by atoms with E-state index in [-0.39, 0.29) is 0 Å². The lowest BCUT2D eigenvalue weighted by molar-refractivity contribution is 0.114. The minimum atomic E-state index is 0.315. The van der Waals surface area contributed by atoms with Crippen LogP contribution in [-0.4, -0.2) is 38.9 Å². The summed E-state index contributed by atoms with van der Waals surface area (Å²) in [5.74, 6) is 1.70. The Balaban J connectivity index is 1.86. The molecule has 2 rings (SSSR count). The lowest BCUT2D eigenvalue weighted by atomic mass is 10.2. The Bertz CT molecular complexity index is 439. The summed E-state index contributed by atoms with van der Waals surface area (Å²) in [6, 6.07) is 7.98. The highest BCUT2D eigenvalue weighted by molar-refractivity contribution is 5.79. The van der Waals surface area contributed by atoms with Gasteiger partial charge in [0.2, 0.25) is 0 Å². The SMILES string of the molecule is CCNC(=NCc1ccc(OC)cc1)NCC1CCCO1. The van der Waals surface area contributed by atoms with Crippen molar-refractivity contribution in [3.05, 3.63) is 29.8 Å². The number of hydrogen-bond donors (Lipinski definition) is 2. The van der Waals surface area contributed by atoms with E-state index >= 15 is 0 Å². The maximum absolute atomic E-state index is 5.61. The van der Waals surface area contributed by atoms with Gasteiger partial charge in [0.1, 0.15) is 5.75 Å². The third kappa shape index (κ3) is 5.27. The van der Waals surface area contributed by atoms with Gasteiger partial charge in [0.05, 0.1) is 19.8 Å². The Labute approximate surface area is 126 Å². The summed E-state index contributed by atoms with van der Waals surface area (Å²) < 4.78 is 10.8. The van der Waals surface area contributed by atoms with Gasteiger partial charge in [-0.25, -0.2) is 4.99 Å². The molecule has 2 N–H and O–H groups in total. The predicted octanol–water partition coefficient (Wildman–Crippen LogP) is 1.93. The van der Waals surface area contributed by atoms with Gasteiger partial charge in [0, 0.05) is 19.7 Å². The normalized spacial score (nSPS) is 18.6. The van der Waals surface area contributed by atoms with Crippen LogP contribution in [0.4, 0.5) is 0 Å². The van der Waals surface area contributed by atoms with Gasteiger partial charge < -0.3 is 20.1 Å².